The molecule has 0 aromatic heterocycles. The third kappa shape index (κ3) is 2.39. The summed E-state index contributed by atoms with van der Waals surface area (Å²) in [5.41, 5.74) is 7.84. The minimum Gasteiger partial charge on any atom is -0.388 e. The molecule has 1 aliphatic carbocycles. The fraction of sp³-hybridized carbons (Fsp3) is 0.538. The Hall–Kier alpha value is -0.860. The molecule has 3 N–H and O–H groups in total. The van der Waals surface area contributed by atoms with Gasteiger partial charge in [-0.05, 0) is 42.9 Å². The van der Waals surface area contributed by atoms with E-state index in [4.69, 9.17) is 5.73 Å². The van der Waals surface area contributed by atoms with E-state index in [0.717, 1.165) is 11.5 Å². The van der Waals surface area contributed by atoms with Crippen LogP contribution in [0.25, 0.3) is 0 Å². The molecule has 1 fully saturated rings. The summed E-state index contributed by atoms with van der Waals surface area (Å²) in [6.07, 6.45) is 4.20. The van der Waals surface area contributed by atoms with Gasteiger partial charge in [0.05, 0.1) is 6.10 Å². The topological polar surface area (TPSA) is 46.2 Å². The van der Waals surface area contributed by atoms with Crippen LogP contribution < -0.4 is 5.73 Å². The monoisotopic (exact) mass is 205 g/mol. The van der Waals surface area contributed by atoms with Crippen molar-refractivity contribution in [3.05, 3.63) is 35.4 Å². The Kier molecular flexibility index (Phi) is 3.39. The highest BCUT2D eigenvalue weighted by molar-refractivity contribution is 5.28. The van der Waals surface area contributed by atoms with Crippen LogP contribution in [0.4, 0.5) is 0 Å². The molecule has 1 saturated carbocycles. The first kappa shape index (κ1) is 10.7. The van der Waals surface area contributed by atoms with Crippen molar-refractivity contribution in [3.63, 3.8) is 0 Å². The molecule has 0 radical (unpaired) electrons. The third-order valence-electron chi connectivity index (χ3n) is 3.31. The average Bonchev–Trinajstić information content (AvgIpc) is 2.16. The molecule has 0 aliphatic heterocycles. The van der Waals surface area contributed by atoms with Crippen molar-refractivity contribution in [2.24, 2.45) is 5.73 Å². The summed E-state index contributed by atoms with van der Waals surface area (Å²) in [6.45, 7) is 0.537. The Balaban J connectivity index is 2.10. The first-order valence-corrected chi connectivity index (χ1v) is 5.79. The van der Waals surface area contributed by atoms with Crippen LogP contribution in [0, 0.1) is 0 Å². The molecule has 2 heteroatoms. The molecular weight excluding hydrogens is 186 g/mol. The molecule has 0 heterocycles. The summed E-state index contributed by atoms with van der Waals surface area (Å²) in [5.74, 6) is 0.732. The standard InChI is InChI=1S/C13H19NO/c14-8-7-13(15)12-6-2-5-11(9-12)10-3-1-4-10/h2,5-6,9-10,13,15H,1,3-4,7-8,14H2. The van der Waals surface area contributed by atoms with Crippen LogP contribution in [0.3, 0.4) is 0 Å². The highest BCUT2D eigenvalue weighted by Crippen LogP contribution is 2.37. The van der Waals surface area contributed by atoms with Gasteiger partial charge < -0.3 is 10.8 Å². The fourth-order valence-electron chi connectivity index (χ4n) is 2.09. The number of aliphatic hydroxyl groups is 1. The van der Waals surface area contributed by atoms with Crippen LogP contribution >= 0.6 is 0 Å². The van der Waals surface area contributed by atoms with Crippen LogP contribution in [-0.2, 0) is 0 Å². The fourth-order valence-corrected chi connectivity index (χ4v) is 2.09. The third-order valence-corrected chi connectivity index (χ3v) is 3.31. The van der Waals surface area contributed by atoms with E-state index >= 15 is 0 Å². The maximum absolute atomic E-state index is 9.84. The molecule has 1 atom stereocenters. The van der Waals surface area contributed by atoms with E-state index < -0.39 is 6.10 Å². The lowest BCUT2D eigenvalue weighted by atomic mass is 9.79. The molecule has 2 nitrogen and oxygen atoms in total. The number of nitrogens with two attached hydrogens (primary N) is 1. The summed E-state index contributed by atoms with van der Waals surface area (Å²) < 4.78 is 0. The molecule has 0 saturated heterocycles. The van der Waals surface area contributed by atoms with E-state index in [0.29, 0.717) is 13.0 Å². The van der Waals surface area contributed by atoms with Gasteiger partial charge in [-0.1, -0.05) is 30.7 Å². The summed E-state index contributed by atoms with van der Waals surface area (Å²) in [5, 5.41) is 9.84. The van der Waals surface area contributed by atoms with E-state index in [-0.39, 0.29) is 0 Å². The average molecular weight is 205 g/mol. The van der Waals surface area contributed by atoms with E-state index in [2.05, 4.69) is 12.1 Å². The van der Waals surface area contributed by atoms with Crippen molar-refractivity contribution in [2.45, 2.75) is 37.7 Å². The molecule has 1 aromatic rings. The van der Waals surface area contributed by atoms with Crippen molar-refractivity contribution in [1.82, 2.24) is 0 Å². The number of hydrogen-bond acceptors (Lipinski definition) is 2. The Morgan fingerprint density at radius 1 is 1.40 bits per heavy atom. The number of rotatable bonds is 4. The van der Waals surface area contributed by atoms with Crippen LogP contribution in [0.5, 0.6) is 0 Å². The van der Waals surface area contributed by atoms with Gasteiger partial charge in [0.2, 0.25) is 0 Å². The second-order valence-electron chi connectivity index (χ2n) is 4.39. The molecule has 0 spiro atoms. The van der Waals surface area contributed by atoms with E-state index in [1.54, 1.807) is 0 Å². The van der Waals surface area contributed by atoms with Crippen LogP contribution in [0.2, 0.25) is 0 Å². The number of benzene rings is 1. The smallest absolute Gasteiger partial charge is 0.0802 e. The van der Waals surface area contributed by atoms with Crippen LogP contribution in [-0.4, -0.2) is 11.7 Å². The maximum Gasteiger partial charge on any atom is 0.0802 e. The minimum atomic E-state index is -0.393. The Morgan fingerprint density at radius 2 is 2.20 bits per heavy atom. The van der Waals surface area contributed by atoms with Crippen molar-refractivity contribution < 1.29 is 5.11 Å². The summed E-state index contributed by atoms with van der Waals surface area (Å²) in [4.78, 5) is 0. The second-order valence-corrected chi connectivity index (χ2v) is 4.39. The van der Waals surface area contributed by atoms with Gasteiger partial charge in [-0.3, -0.25) is 0 Å². The summed E-state index contributed by atoms with van der Waals surface area (Å²) in [6, 6.07) is 8.35. The molecule has 15 heavy (non-hydrogen) atoms. The van der Waals surface area contributed by atoms with Gasteiger partial charge in [-0.25, -0.2) is 0 Å². The van der Waals surface area contributed by atoms with Gasteiger partial charge in [-0.2, -0.15) is 0 Å². The highest BCUT2D eigenvalue weighted by Gasteiger charge is 2.20. The first-order valence-electron chi connectivity index (χ1n) is 5.79. The van der Waals surface area contributed by atoms with Crippen LogP contribution in [0.15, 0.2) is 24.3 Å². The minimum absolute atomic E-state index is 0.393. The summed E-state index contributed by atoms with van der Waals surface area (Å²) in [7, 11) is 0. The largest absolute Gasteiger partial charge is 0.388 e. The quantitative estimate of drug-likeness (QED) is 0.792. The van der Waals surface area contributed by atoms with Crippen LogP contribution in [0.1, 0.15) is 48.8 Å². The molecule has 1 unspecified atom stereocenters. The molecule has 2 rings (SSSR count). The van der Waals surface area contributed by atoms with Gasteiger partial charge in [0.15, 0.2) is 0 Å². The van der Waals surface area contributed by atoms with Gasteiger partial charge in [0.25, 0.3) is 0 Å². The number of hydrogen-bond donors (Lipinski definition) is 2. The maximum atomic E-state index is 9.84. The first-order chi connectivity index (χ1) is 7.31. The molecular formula is C13H19NO. The van der Waals surface area contributed by atoms with Crippen molar-refractivity contribution in [1.29, 1.82) is 0 Å². The predicted octanol–water partition coefficient (Wildman–Crippen LogP) is 2.34. The van der Waals surface area contributed by atoms with E-state index in [1.165, 1.54) is 24.8 Å². The lowest BCUT2D eigenvalue weighted by molar-refractivity contribution is 0.170. The van der Waals surface area contributed by atoms with E-state index in [1.807, 2.05) is 12.1 Å². The van der Waals surface area contributed by atoms with Crippen molar-refractivity contribution >= 4 is 0 Å². The lowest BCUT2D eigenvalue weighted by Gasteiger charge is -2.26. The zero-order valence-electron chi connectivity index (χ0n) is 9.02. The SMILES string of the molecule is NCCC(O)c1cccc(C2CCC2)c1. The van der Waals surface area contributed by atoms with Crippen molar-refractivity contribution in [3.8, 4) is 0 Å². The normalized spacial score (nSPS) is 18.5. The highest BCUT2D eigenvalue weighted by atomic mass is 16.3. The molecule has 82 valence electrons. The van der Waals surface area contributed by atoms with E-state index in [9.17, 15) is 5.11 Å². The van der Waals surface area contributed by atoms with Gasteiger partial charge in [-0.15, -0.1) is 0 Å². The van der Waals surface area contributed by atoms with Crippen molar-refractivity contribution in [2.75, 3.05) is 6.54 Å². The molecule has 1 aliphatic rings. The molecule has 0 bridgehead atoms. The van der Waals surface area contributed by atoms with Gasteiger partial charge >= 0.3 is 0 Å². The molecule has 0 amide bonds. The zero-order chi connectivity index (χ0) is 10.7. The Bertz CT molecular complexity index is 320. The predicted molar refractivity (Wildman–Crippen MR) is 61.7 cm³/mol. The molecule has 1 aromatic carbocycles. The lowest BCUT2D eigenvalue weighted by Crippen LogP contribution is -2.10. The summed E-state index contributed by atoms with van der Waals surface area (Å²) >= 11 is 0. The van der Waals surface area contributed by atoms with Gasteiger partial charge in [0, 0.05) is 0 Å². The van der Waals surface area contributed by atoms with Gasteiger partial charge in [0.1, 0.15) is 0 Å². The Labute approximate surface area is 91.1 Å². The number of aliphatic hydroxyl groups excluding tert-OH is 1. The zero-order valence-corrected chi connectivity index (χ0v) is 9.02. The second kappa shape index (κ2) is 4.77. The Morgan fingerprint density at radius 3 is 2.80 bits per heavy atom.